The van der Waals surface area contributed by atoms with Gasteiger partial charge in [0, 0.05) is 25.8 Å². The molecule has 1 aromatic rings. The first-order chi connectivity index (χ1) is 11.1. The van der Waals surface area contributed by atoms with Crippen molar-refractivity contribution in [1.82, 2.24) is 16.0 Å². The number of ether oxygens (including phenoxy) is 1. The number of hydrogen-bond donors (Lipinski definition) is 4. The first-order valence-corrected chi connectivity index (χ1v) is 7.29. The van der Waals surface area contributed by atoms with Crippen LogP contribution in [0.5, 0.6) is 0 Å². The Labute approximate surface area is 135 Å². The maximum Gasteiger partial charge on any atom is 0.411 e. The predicted octanol–water partition coefficient (Wildman–Crippen LogP) is 1.56. The van der Waals surface area contributed by atoms with Crippen LogP contribution in [0.25, 0.3) is 0 Å². The van der Waals surface area contributed by atoms with Crippen LogP contribution in [0, 0.1) is 5.82 Å². The minimum atomic E-state index is -0.539. The van der Waals surface area contributed by atoms with Gasteiger partial charge in [0.25, 0.3) is 0 Å². The van der Waals surface area contributed by atoms with Gasteiger partial charge in [0.15, 0.2) is 0 Å². The first-order valence-electron chi connectivity index (χ1n) is 7.29. The van der Waals surface area contributed by atoms with E-state index in [9.17, 15) is 9.18 Å². The van der Waals surface area contributed by atoms with Crippen molar-refractivity contribution in [3.8, 4) is 0 Å². The molecule has 1 aromatic carbocycles. The molecule has 0 radical (unpaired) electrons. The van der Waals surface area contributed by atoms with Gasteiger partial charge >= 0.3 is 6.09 Å². The van der Waals surface area contributed by atoms with Crippen LogP contribution in [-0.2, 0) is 11.3 Å². The lowest BCUT2D eigenvalue weighted by atomic mass is 10.2. The number of hydrogen-bond acceptors (Lipinski definition) is 5. The third-order valence-electron chi connectivity index (χ3n) is 2.87. The molecule has 0 fully saturated rings. The SMILES string of the molecule is CCOC(=O)N/C(=C/C=C(\NC)NCc1ccc(F)cc1)CN. The number of alkyl carbamates (subject to hydrolysis) is 1. The number of nitrogens with one attached hydrogen (secondary N) is 3. The molecule has 1 amide bonds. The van der Waals surface area contributed by atoms with Crippen LogP contribution in [-0.4, -0.2) is 26.3 Å². The lowest BCUT2D eigenvalue weighted by molar-refractivity contribution is 0.155. The molecule has 0 aliphatic carbocycles. The second-order valence-electron chi connectivity index (χ2n) is 4.55. The molecule has 0 aliphatic heterocycles. The van der Waals surface area contributed by atoms with E-state index in [1.165, 1.54) is 12.1 Å². The zero-order valence-electron chi connectivity index (χ0n) is 13.4. The average molecular weight is 322 g/mol. The molecule has 0 unspecified atom stereocenters. The lowest BCUT2D eigenvalue weighted by Crippen LogP contribution is -2.28. The molecule has 0 atom stereocenters. The molecule has 0 heterocycles. The number of carbonyl (C=O) groups is 1. The highest BCUT2D eigenvalue weighted by Crippen LogP contribution is 2.03. The van der Waals surface area contributed by atoms with Gasteiger partial charge < -0.3 is 21.1 Å². The number of benzene rings is 1. The van der Waals surface area contributed by atoms with Crippen LogP contribution in [0.2, 0.25) is 0 Å². The van der Waals surface area contributed by atoms with E-state index < -0.39 is 6.09 Å². The largest absolute Gasteiger partial charge is 0.450 e. The van der Waals surface area contributed by atoms with Gasteiger partial charge in [-0.2, -0.15) is 0 Å². The van der Waals surface area contributed by atoms with Gasteiger partial charge in [-0.25, -0.2) is 9.18 Å². The van der Waals surface area contributed by atoms with Gasteiger partial charge in [0.05, 0.1) is 12.4 Å². The number of amides is 1. The number of nitrogens with two attached hydrogens (primary N) is 1. The van der Waals surface area contributed by atoms with Gasteiger partial charge in [-0.05, 0) is 36.8 Å². The molecule has 23 heavy (non-hydrogen) atoms. The van der Waals surface area contributed by atoms with Crippen LogP contribution in [0.15, 0.2) is 47.9 Å². The zero-order chi connectivity index (χ0) is 17.1. The molecule has 0 aliphatic rings. The fourth-order valence-electron chi connectivity index (χ4n) is 1.67. The van der Waals surface area contributed by atoms with E-state index in [4.69, 9.17) is 10.5 Å². The molecule has 6 nitrogen and oxygen atoms in total. The van der Waals surface area contributed by atoms with Crippen molar-refractivity contribution in [2.75, 3.05) is 20.2 Å². The van der Waals surface area contributed by atoms with Crippen molar-refractivity contribution >= 4 is 6.09 Å². The van der Waals surface area contributed by atoms with Gasteiger partial charge in [-0.1, -0.05) is 12.1 Å². The quantitative estimate of drug-likeness (QED) is 0.546. The molecular weight excluding hydrogens is 299 g/mol. The fourth-order valence-corrected chi connectivity index (χ4v) is 1.67. The van der Waals surface area contributed by atoms with Crippen molar-refractivity contribution < 1.29 is 13.9 Å². The average Bonchev–Trinajstić information content (AvgIpc) is 2.55. The second kappa shape index (κ2) is 10.2. The molecule has 0 saturated heterocycles. The Hall–Kier alpha value is -2.54. The van der Waals surface area contributed by atoms with Crippen LogP contribution in [0.3, 0.4) is 0 Å². The maximum absolute atomic E-state index is 12.9. The predicted molar refractivity (Wildman–Crippen MR) is 87.7 cm³/mol. The van der Waals surface area contributed by atoms with Crippen LogP contribution in [0.4, 0.5) is 9.18 Å². The minimum absolute atomic E-state index is 0.171. The fraction of sp³-hybridized carbons (Fsp3) is 0.312. The van der Waals surface area contributed by atoms with Crippen LogP contribution in [0.1, 0.15) is 12.5 Å². The Morgan fingerprint density at radius 2 is 2.00 bits per heavy atom. The molecular formula is C16H23FN4O2. The summed E-state index contributed by atoms with van der Waals surface area (Å²) >= 11 is 0. The molecule has 5 N–H and O–H groups in total. The first kappa shape index (κ1) is 18.5. The second-order valence-corrected chi connectivity index (χ2v) is 4.55. The van der Waals surface area contributed by atoms with Gasteiger partial charge in [0.1, 0.15) is 5.82 Å². The van der Waals surface area contributed by atoms with E-state index in [0.717, 1.165) is 11.4 Å². The lowest BCUT2D eigenvalue weighted by Gasteiger charge is -2.11. The summed E-state index contributed by atoms with van der Waals surface area (Å²) in [5.41, 5.74) is 7.05. The summed E-state index contributed by atoms with van der Waals surface area (Å²) in [6.07, 6.45) is 2.89. The number of rotatable bonds is 8. The minimum Gasteiger partial charge on any atom is -0.450 e. The van der Waals surface area contributed by atoms with Crippen LogP contribution < -0.4 is 21.7 Å². The Bertz CT molecular complexity index is 556. The van der Waals surface area contributed by atoms with E-state index in [1.54, 1.807) is 38.3 Å². The summed E-state index contributed by atoms with van der Waals surface area (Å²) in [4.78, 5) is 11.4. The topological polar surface area (TPSA) is 88.4 Å². The van der Waals surface area contributed by atoms with Crippen LogP contribution >= 0.6 is 0 Å². The maximum atomic E-state index is 12.9. The summed E-state index contributed by atoms with van der Waals surface area (Å²) in [5, 5.41) is 8.71. The molecule has 126 valence electrons. The van der Waals surface area contributed by atoms with Gasteiger partial charge in [-0.3, -0.25) is 5.32 Å². The van der Waals surface area contributed by atoms with Crippen molar-refractivity contribution in [1.29, 1.82) is 0 Å². The van der Waals surface area contributed by atoms with Gasteiger partial charge in [-0.15, -0.1) is 0 Å². The van der Waals surface area contributed by atoms with Crippen molar-refractivity contribution in [2.24, 2.45) is 5.73 Å². The summed E-state index contributed by atoms with van der Waals surface area (Å²) < 4.78 is 17.6. The summed E-state index contributed by atoms with van der Waals surface area (Å²) in [5.74, 6) is 0.463. The zero-order valence-corrected chi connectivity index (χ0v) is 13.4. The van der Waals surface area contributed by atoms with Crippen molar-refractivity contribution in [3.05, 3.63) is 59.3 Å². The molecule has 7 heteroatoms. The Kier molecular flexibility index (Phi) is 8.23. The smallest absolute Gasteiger partial charge is 0.411 e. The van der Waals surface area contributed by atoms with E-state index >= 15 is 0 Å². The number of halogens is 1. The molecule has 0 aromatic heterocycles. The molecule has 0 saturated carbocycles. The van der Waals surface area contributed by atoms with Gasteiger partial charge in [0.2, 0.25) is 0 Å². The summed E-state index contributed by atoms with van der Waals surface area (Å²) in [6.45, 7) is 2.72. The Morgan fingerprint density at radius 3 is 2.57 bits per heavy atom. The van der Waals surface area contributed by atoms with Crippen molar-refractivity contribution in [2.45, 2.75) is 13.5 Å². The normalized spacial score (nSPS) is 11.8. The number of allylic oxidation sites excluding steroid dienone is 2. The molecule has 0 spiro atoms. The third kappa shape index (κ3) is 7.32. The summed E-state index contributed by atoms with van der Waals surface area (Å²) in [6, 6.07) is 6.24. The van der Waals surface area contributed by atoms with E-state index in [-0.39, 0.29) is 12.4 Å². The standard InChI is InChI=1S/C16H23FN4O2/c1-3-23-16(22)21-14(10-18)8-9-15(19-2)20-11-12-4-6-13(17)7-5-12/h4-9,19-20H,3,10-11,18H2,1-2H3,(H,21,22)/b14-8+,15-9+. The van der Waals surface area contributed by atoms with E-state index in [0.29, 0.717) is 18.8 Å². The Balaban J connectivity index is 2.63. The Morgan fingerprint density at radius 1 is 1.30 bits per heavy atom. The summed E-state index contributed by atoms with van der Waals surface area (Å²) in [7, 11) is 1.76. The molecule has 0 bridgehead atoms. The van der Waals surface area contributed by atoms with Crippen molar-refractivity contribution in [3.63, 3.8) is 0 Å². The third-order valence-corrected chi connectivity index (χ3v) is 2.87. The van der Waals surface area contributed by atoms with E-state index in [2.05, 4.69) is 16.0 Å². The monoisotopic (exact) mass is 322 g/mol. The van der Waals surface area contributed by atoms with E-state index in [1.807, 2.05) is 0 Å². The highest BCUT2D eigenvalue weighted by atomic mass is 19.1. The highest BCUT2D eigenvalue weighted by molar-refractivity contribution is 5.69. The number of carbonyl (C=O) groups excluding carboxylic acids is 1. The highest BCUT2D eigenvalue weighted by Gasteiger charge is 2.02. The molecule has 1 rings (SSSR count).